The lowest BCUT2D eigenvalue weighted by atomic mass is 10.2. The molecule has 0 aliphatic carbocycles. The van der Waals surface area contributed by atoms with Crippen molar-refractivity contribution in [3.8, 4) is 0 Å². The second kappa shape index (κ2) is 6.02. The summed E-state index contributed by atoms with van der Waals surface area (Å²) in [5.41, 5.74) is 1.49. The zero-order valence-corrected chi connectivity index (χ0v) is 13.2. The molecule has 0 aliphatic heterocycles. The molecule has 1 N–H and O–H groups in total. The summed E-state index contributed by atoms with van der Waals surface area (Å²) in [6.07, 6.45) is 0. The van der Waals surface area contributed by atoms with Gasteiger partial charge in [-0.2, -0.15) is 0 Å². The van der Waals surface area contributed by atoms with Gasteiger partial charge >= 0.3 is 0 Å². The first-order valence-corrected chi connectivity index (χ1v) is 7.37. The Balaban J connectivity index is 2.65. The van der Waals surface area contributed by atoms with E-state index in [-0.39, 0.29) is 11.3 Å². The normalized spacial score (nSPS) is 14.2. The van der Waals surface area contributed by atoms with Gasteiger partial charge in [0.1, 0.15) is 11.9 Å². The van der Waals surface area contributed by atoms with Crippen LogP contribution in [0.5, 0.6) is 0 Å². The minimum Gasteiger partial charge on any atom is -0.355 e. The number of halogens is 2. The van der Waals surface area contributed by atoms with E-state index in [1.54, 1.807) is 6.07 Å². The Labute approximate surface area is 128 Å². The molecule has 0 bridgehead atoms. The minimum atomic E-state index is -0.420. The standard InChI is InChI=1S/C14H17Cl2N3O/c1-4-17-14(20)9(3)19-12-10(16)6-5-7-11(12)18-13(19)8(2)15/h5-9H,4H2,1-3H3,(H,17,20). The molecule has 2 atom stereocenters. The van der Waals surface area contributed by atoms with E-state index < -0.39 is 6.04 Å². The van der Waals surface area contributed by atoms with Crippen molar-refractivity contribution < 1.29 is 4.79 Å². The number of carbonyl (C=O) groups excluding carboxylic acids is 1. The molecule has 1 amide bonds. The number of carbonyl (C=O) groups is 1. The van der Waals surface area contributed by atoms with Gasteiger partial charge in [-0.05, 0) is 32.9 Å². The fraction of sp³-hybridized carbons (Fsp3) is 0.429. The third-order valence-electron chi connectivity index (χ3n) is 3.16. The van der Waals surface area contributed by atoms with Crippen molar-refractivity contribution in [2.75, 3.05) is 6.54 Å². The van der Waals surface area contributed by atoms with E-state index in [0.717, 1.165) is 11.0 Å². The van der Waals surface area contributed by atoms with E-state index in [1.807, 2.05) is 37.5 Å². The van der Waals surface area contributed by atoms with Crippen LogP contribution in [0.4, 0.5) is 0 Å². The number of likely N-dealkylation sites (N-methyl/N-ethyl adjacent to an activating group) is 1. The highest BCUT2D eigenvalue weighted by Gasteiger charge is 2.24. The van der Waals surface area contributed by atoms with Crippen LogP contribution in [0, 0.1) is 0 Å². The summed E-state index contributed by atoms with van der Waals surface area (Å²) in [7, 11) is 0. The second-order valence-electron chi connectivity index (χ2n) is 4.63. The largest absolute Gasteiger partial charge is 0.355 e. The van der Waals surface area contributed by atoms with Gasteiger partial charge in [-0.15, -0.1) is 11.6 Å². The highest BCUT2D eigenvalue weighted by atomic mass is 35.5. The van der Waals surface area contributed by atoms with Crippen molar-refractivity contribution in [2.24, 2.45) is 0 Å². The van der Waals surface area contributed by atoms with Crippen LogP contribution in [-0.4, -0.2) is 22.0 Å². The van der Waals surface area contributed by atoms with Crippen molar-refractivity contribution >= 4 is 40.1 Å². The number of alkyl halides is 1. The van der Waals surface area contributed by atoms with Gasteiger partial charge in [0, 0.05) is 6.54 Å². The smallest absolute Gasteiger partial charge is 0.242 e. The summed E-state index contributed by atoms with van der Waals surface area (Å²) < 4.78 is 1.82. The molecule has 2 unspecified atom stereocenters. The van der Waals surface area contributed by atoms with Crippen LogP contribution in [-0.2, 0) is 4.79 Å². The third-order valence-corrected chi connectivity index (χ3v) is 3.66. The Morgan fingerprint density at radius 3 is 2.75 bits per heavy atom. The van der Waals surface area contributed by atoms with Crippen molar-refractivity contribution in [3.05, 3.63) is 29.0 Å². The Kier molecular flexibility index (Phi) is 4.55. The highest BCUT2D eigenvalue weighted by molar-refractivity contribution is 6.35. The van der Waals surface area contributed by atoms with Gasteiger partial charge in [-0.25, -0.2) is 4.98 Å². The first kappa shape index (κ1) is 15.1. The summed E-state index contributed by atoms with van der Waals surface area (Å²) in [6, 6.07) is 5.07. The molecule has 0 saturated carbocycles. The summed E-state index contributed by atoms with van der Waals surface area (Å²) in [6.45, 7) is 6.11. The highest BCUT2D eigenvalue weighted by Crippen LogP contribution is 2.32. The lowest BCUT2D eigenvalue weighted by Gasteiger charge is -2.18. The SMILES string of the molecule is CCNC(=O)C(C)n1c(C(C)Cl)nc2cccc(Cl)c21. The predicted octanol–water partition coefficient (Wildman–Crippen LogP) is 3.69. The molecule has 6 heteroatoms. The van der Waals surface area contributed by atoms with Crippen molar-refractivity contribution in [1.29, 1.82) is 0 Å². The zero-order chi connectivity index (χ0) is 14.9. The van der Waals surface area contributed by atoms with Gasteiger partial charge in [0.2, 0.25) is 5.91 Å². The lowest BCUT2D eigenvalue weighted by molar-refractivity contribution is -0.123. The number of rotatable bonds is 4. The number of nitrogens with zero attached hydrogens (tertiary/aromatic N) is 2. The Morgan fingerprint density at radius 2 is 2.15 bits per heavy atom. The van der Waals surface area contributed by atoms with Crippen LogP contribution in [0.15, 0.2) is 18.2 Å². The molecule has 2 aromatic rings. The van der Waals surface area contributed by atoms with Crippen molar-refractivity contribution in [2.45, 2.75) is 32.2 Å². The molecule has 0 fully saturated rings. The van der Waals surface area contributed by atoms with Gasteiger partial charge in [0.15, 0.2) is 0 Å². The molecule has 2 rings (SSSR count). The summed E-state index contributed by atoms with van der Waals surface area (Å²) >= 11 is 12.5. The predicted molar refractivity (Wildman–Crippen MR) is 82.4 cm³/mol. The van der Waals surface area contributed by atoms with Crippen LogP contribution < -0.4 is 5.32 Å². The number of hydrogen-bond acceptors (Lipinski definition) is 2. The molecular weight excluding hydrogens is 297 g/mol. The number of benzene rings is 1. The maximum absolute atomic E-state index is 12.1. The molecule has 0 radical (unpaired) electrons. The maximum Gasteiger partial charge on any atom is 0.242 e. The number of para-hydroxylation sites is 1. The molecule has 0 saturated heterocycles. The van der Waals surface area contributed by atoms with Crippen molar-refractivity contribution in [1.82, 2.24) is 14.9 Å². The average molecular weight is 314 g/mol. The van der Waals surface area contributed by atoms with E-state index in [0.29, 0.717) is 17.4 Å². The van der Waals surface area contributed by atoms with Gasteiger partial charge in [0.05, 0.1) is 21.4 Å². The first-order valence-electron chi connectivity index (χ1n) is 6.55. The molecular formula is C14H17Cl2N3O. The molecule has 0 aliphatic rings. The number of amides is 1. The number of nitrogens with one attached hydrogen (secondary N) is 1. The number of hydrogen-bond donors (Lipinski definition) is 1. The first-order chi connectivity index (χ1) is 9.47. The average Bonchev–Trinajstić information content (AvgIpc) is 2.79. The van der Waals surface area contributed by atoms with E-state index >= 15 is 0 Å². The fourth-order valence-corrected chi connectivity index (χ4v) is 2.65. The fourth-order valence-electron chi connectivity index (χ4n) is 2.24. The molecule has 4 nitrogen and oxygen atoms in total. The van der Waals surface area contributed by atoms with E-state index in [2.05, 4.69) is 10.3 Å². The van der Waals surface area contributed by atoms with Crippen LogP contribution in [0.2, 0.25) is 5.02 Å². The van der Waals surface area contributed by atoms with Crippen LogP contribution in [0.25, 0.3) is 11.0 Å². The topological polar surface area (TPSA) is 46.9 Å². The lowest BCUT2D eigenvalue weighted by Crippen LogP contribution is -2.31. The Hall–Kier alpha value is -1.26. The Morgan fingerprint density at radius 1 is 1.45 bits per heavy atom. The number of fused-ring (bicyclic) bond motifs is 1. The maximum atomic E-state index is 12.1. The van der Waals surface area contributed by atoms with Gasteiger partial charge in [-0.1, -0.05) is 17.7 Å². The number of imidazole rings is 1. The van der Waals surface area contributed by atoms with Crippen LogP contribution in [0.3, 0.4) is 0 Å². The number of aromatic nitrogens is 2. The zero-order valence-electron chi connectivity index (χ0n) is 11.7. The van der Waals surface area contributed by atoms with Gasteiger partial charge < -0.3 is 9.88 Å². The molecule has 1 aromatic heterocycles. The third kappa shape index (κ3) is 2.63. The molecule has 108 valence electrons. The van der Waals surface area contributed by atoms with Crippen LogP contribution >= 0.6 is 23.2 Å². The Bertz CT molecular complexity index is 637. The summed E-state index contributed by atoms with van der Waals surface area (Å²) in [4.78, 5) is 16.6. The van der Waals surface area contributed by atoms with E-state index in [4.69, 9.17) is 23.2 Å². The monoisotopic (exact) mass is 313 g/mol. The summed E-state index contributed by atoms with van der Waals surface area (Å²) in [5, 5.41) is 3.06. The van der Waals surface area contributed by atoms with Crippen molar-refractivity contribution in [3.63, 3.8) is 0 Å². The molecule has 1 aromatic carbocycles. The quantitative estimate of drug-likeness (QED) is 0.875. The van der Waals surface area contributed by atoms with E-state index in [9.17, 15) is 4.79 Å². The summed E-state index contributed by atoms with van der Waals surface area (Å²) in [5.74, 6) is 0.568. The molecule has 20 heavy (non-hydrogen) atoms. The molecule has 0 spiro atoms. The minimum absolute atomic E-state index is 0.0784. The van der Waals surface area contributed by atoms with E-state index in [1.165, 1.54) is 0 Å². The van der Waals surface area contributed by atoms with Gasteiger partial charge in [-0.3, -0.25) is 4.79 Å². The second-order valence-corrected chi connectivity index (χ2v) is 5.70. The van der Waals surface area contributed by atoms with Gasteiger partial charge in [0.25, 0.3) is 0 Å². The van der Waals surface area contributed by atoms with Crippen LogP contribution in [0.1, 0.15) is 38.0 Å². The molecule has 1 heterocycles.